The molecule has 2 heterocycles. The van der Waals surface area contributed by atoms with Crippen molar-refractivity contribution in [3.05, 3.63) is 29.6 Å². The zero-order valence-electron chi connectivity index (χ0n) is 12.8. The Balaban J connectivity index is 2.31. The van der Waals surface area contributed by atoms with Crippen LogP contribution < -0.4 is 11.1 Å². The van der Waals surface area contributed by atoms with Gasteiger partial charge in [0, 0.05) is 6.04 Å². The molecule has 1 saturated heterocycles. The zero-order valence-corrected chi connectivity index (χ0v) is 12.8. The van der Waals surface area contributed by atoms with E-state index in [0.717, 1.165) is 30.7 Å². The number of imidazole rings is 1. The van der Waals surface area contributed by atoms with Crippen LogP contribution in [0.3, 0.4) is 0 Å². The number of carbonyl (C=O) groups excluding carboxylic acids is 1. The predicted molar refractivity (Wildman–Crippen MR) is 83.2 cm³/mol. The van der Waals surface area contributed by atoms with Gasteiger partial charge in [0.2, 0.25) is 0 Å². The van der Waals surface area contributed by atoms with Crippen molar-refractivity contribution in [2.75, 3.05) is 6.54 Å². The average Bonchev–Trinajstić information content (AvgIpc) is 3.02. The number of fused-ring (bicyclic) bond motifs is 1. The maximum Gasteiger partial charge on any atom is 0.250 e. The number of hydrogen-bond donors (Lipinski definition) is 2. The molecule has 0 saturated carbocycles. The summed E-state index contributed by atoms with van der Waals surface area (Å²) in [6.45, 7) is 7.46. The summed E-state index contributed by atoms with van der Waals surface area (Å²) in [5.74, 6) is 0.573. The second-order valence-electron chi connectivity index (χ2n) is 6.30. The van der Waals surface area contributed by atoms with Crippen LogP contribution in [0.2, 0.25) is 0 Å². The summed E-state index contributed by atoms with van der Waals surface area (Å²) >= 11 is 0. The first-order valence-electron chi connectivity index (χ1n) is 7.50. The fraction of sp³-hybridized carbons (Fsp3) is 0.500. The SMILES string of the molecule is CC(C)n1c([C@]2(C)CCCN2)nc2c(C(N)=O)cccc21. The number of rotatable bonds is 3. The minimum absolute atomic E-state index is 0.141. The number of primary amides is 1. The van der Waals surface area contributed by atoms with E-state index in [-0.39, 0.29) is 11.6 Å². The van der Waals surface area contributed by atoms with Crippen LogP contribution in [0.4, 0.5) is 0 Å². The molecule has 2 aromatic rings. The number of nitrogens with one attached hydrogen (secondary N) is 1. The van der Waals surface area contributed by atoms with Gasteiger partial charge >= 0.3 is 0 Å². The number of aromatic nitrogens is 2. The van der Waals surface area contributed by atoms with Crippen LogP contribution in [0, 0.1) is 0 Å². The summed E-state index contributed by atoms with van der Waals surface area (Å²) in [5.41, 5.74) is 7.54. The Kier molecular flexibility index (Phi) is 3.24. The summed E-state index contributed by atoms with van der Waals surface area (Å²) in [6.07, 6.45) is 2.19. The van der Waals surface area contributed by atoms with Crippen molar-refractivity contribution in [1.82, 2.24) is 14.9 Å². The summed E-state index contributed by atoms with van der Waals surface area (Å²) < 4.78 is 2.22. The Hall–Kier alpha value is -1.88. The molecule has 0 radical (unpaired) electrons. The molecule has 1 atom stereocenters. The van der Waals surface area contributed by atoms with Crippen molar-refractivity contribution in [2.45, 2.75) is 45.2 Å². The van der Waals surface area contributed by atoms with Crippen molar-refractivity contribution in [3.63, 3.8) is 0 Å². The van der Waals surface area contributed by atoms with E-state index < -0.39 is 5.91 Å². The third kappa shape index (κ3) is 2.12. The summed E-state index contributed by atoms with van der Waals surface area (Å²) in [7, 11) is 0. The molecule has 0 bridgehead atoms. The average molecular weight is 286 g/mol. The van der Waals surface area contributed by atoms with E-state index in [0.29, 0.717) is 11.1 Å². The second-order valence-corrected chi connectivity index (χ2v) is 6.30. The van der Waals surface area contributed by atoms with E-state index in [2.05, 4.69) is 30.7 Å². The fourth-order valence-electron chi connectivity index (χ4n) is 3.31. The first kappa shape index (κ1) is 14.1. The third-order valence-corrected chi connectivity index (χ3v) is 4.36. The van der Waals surface area contributed by atoms with Crippen LogP contribution >= 0.6 is 0 Å². The van der Waals surface area contributed by atoms with Gasteiger partial charge < -0.3 is 15.6 Å². The highest BCUT2D eigenvalue weighted by atomic mass is 16.1. The van der Waals surface area contributed by atoms with Crippen LogP contribution in [0.1, 0.15) is 55.8 Å². The highest BCUT2D eigenvalue weighted by molar-refractivity contribution is 6.04. The fourth-order valence-corrected chi connectivity index (χ4v) is 3.31. The van der Waals surface area contributed by atoms with E-state index in [4.69, 9.17) is 10.7 Å². The van der Waals surface area contributed by atoms with Crippen LogP contribution in [-0.4, -0.2) is 22.0 Å². The van der Waals surface area contributed by atoms with Crippen molar-refractivity contribution in [2.24, 2.45) is 5.73 Å². The highest BCUT2D eigenvalue weighted by Gasteiger charge is 2.36. The first-order chi connectivity index (χ1) is 9.94. The molecule has 1 aromatic carbocycles. The molecule has 21 heavy (non-hydrogen) atoms. The van der Waals surface area contributed by atoms with E-state index in [1.54, 1.807) is 6.07 Å². The van der Waals surface area contributed by atoms with Gasteiger partial charge in [-0.1, -0.05) is 6.07 Å². The molecular weight excluding hydrogens is 264 g/mol. The molecule has 1 aromatic heterocycles. The topological polar surface area (TPSA) is 72.9 Å². The number of nitrogens with zero attached hydrogens (tertiary/aromatic N) is 2. The van der Waals surface area contributed by atoms with Gasteiger partial charge in [-0.05, 0) is 52.3 Å². The van der Waals surface area contributed by atoms with Gasteiger partial charge in [-0.2, -0.15) is 0 Å². The summed E-state index contributed by atoms with van der Waals surface area (Å²) in [4.78, 5) is 16.5. The number of benzene rings is 1. The Labute approximate surface area is 124 Å². The van der Waals surface area contributed by atoms with E-state index >= 15 is 0 Å². The molecule has 0 spiro atoms. The normalized spacial score (nSPS) is 22.3. The zero-order chi connectivity index (χ0) is 15.2. The monoisotopic (exact) mass is 286 g/mol. The van der Waals surface area contributed by atoms with Crippen molar-refractivity contribution < 1.29 is 4.79 Å². The summed E-state index contributed by atoms with van der Waals surface area (Å²) in [5, 5.41) is 3.55. The van der Waals surface area contributed by atoms with Gasteiger partial charge in [-0.15, -0.1) is 0 Å². The lowest BCUT2D eigenvalue weighted by Gasteiger charge is -2.26. The van der Waals surface area contributed by atoms with Gasteiger partial charge in [0.05, 0.1) is 16.6 Å². The van der Waals surface area contributed by atoms with Crippen molar-refractivity contribution >= 4 is 16.9 Å². The maximum absolute atomic E-state index is 11.7. The largest absolute Gasteiger partial charge is 0.366 e. The molecule has 1 aliphatic rings. The first-order valence-corrected chi connectivity index (χ1v) is 7.50. The molecule has 3 rings (SSSR count). The Morgan fingerprint density at radius 3 is 2.81 bits per heavy atom. The smallest absolute Gasteiger partial charge is 0.250 e. The van der Waals surface area contributed by atoms with Crippen molar-refractivity contribution in [3.8, 4) is 0 Å². The van der Waals surface area contributed by atoms with E-state index in [9.17, 15) is 4.79 Å². The third-order valence-electron chi connectivity index (χ3n) is 4.36. The van der Waals surface area contributed by atoms with E-state index in [1.165, 1.54) is 0 Å². The van der Waals surface area contributed by atoms with Crippen molar-refractivity contribution in [1.29, 1.82) is 0 Å². The van der Waals surface area contributed by atoms with Gasteiger partial charge in [-0.25, -0.2) is 4.98 Å². The summed E-state index contributed by atoms with van der Waals surface area (Å²) in [6, 6.07) is 5.90. The quantitative estimate of drug-likeness (QED) is 0.909. The Morgan fingerprint density at radius 2 is 2.24 bits per heavy atom. The van der Waals surface area contributed by atoms with Gasteiger partial charge in [-0.3, -0.25) is 4.79 Å². The molecule has 0 aliphatic carbocycles. The van der Waals surface area contributed by atoms with E-state index in [1.807, 2.05) is 12.1 Å². The standard InChI is InChI=1S/C16H22N4O/c1-10(2)20-12-7-4-6-11(14(17)21)13(12)19-15(20)16(3)8-5-9-18-16/h4,6-7,10,18H,5,8-9H2,1-3H3,(H2,17,21)/t16-/m0/s1. The minimum Gasteiger partial charge on any atom is -0.366 e. The maximum atomic E-state index is 11.7. The molecular formula is C16H22N4O. The number of nitrogens with two attached hydrogens (primary N) is 1. The molecule has 3 N–H and O–H groups in total. The second kappa shape index (κ2) is 4.84. The minimum atomic E-state index is -0.426. The number of hydrogen-bond acceptors (Lipinski definition) is 3. The van der Waals surface area contributed by atoms with Crippen LogP contribution in [0.5, 0.6) is 0 Å². The molecule has 1 aliphatic heterocycles. The van der Waals surface area contributed by atoms with Gasteiger partial charge in [0.1, 0.15) is 11.3 Å². The predicted octanol–water partition coefficient (Wildman–Crippen LogP) is 2.31. The molecule has 1 amide bonds. The highest BCUT2D eigenvalue weighted by Crippen LogP contribution is 2.34. The number of amides is 1. The molecule has 0 unspecified atom stereocenters. The van der Waals surface area contributed by atoms with Crippen LogP contribution in [0.25, 0.3) is 11.0 Å². The Morgan fingerprint density at radius 1 is 1.48 bits per heavy atom. The number of para-hydroxylation sites is 1. The molecule has 112 valence electrons. The molecule has 1 fully saturated rings. The lowest BCUT2D eigenvalue weighted by atomic mass is 9.99. The van der Waals surface area contributed by atoms with Crippen LogP contribution in [-0.2, 0) is 5.54 Å². The lowest BCUT2D eigenvalue weighted by Crippen LogP contribution is -2.36. The van der Waals surface area contributed by atoms with Gasteiger partial charge in [0.25, 0.3) is 5.91 Å². The number of carbonyl (C=O) groups is 1. The lowest BCUT2D eigenvalue weighted by molar-refractivity contribution is 0.100. The molecule has 5 nitrogen and oxygen atoms in total. The molecule has 5 heteroatoms. The van der Waals surface area contributed by atoms with Crippen LogP contribution in [0.15, 0.2) is 18.2 Å². The Bertz CT molecular complexity index is 696. The van der Waals surface area contributed by atoms with Gasteiger partial charge in [0.15, 0.2) is 0 Å².